The highest BCUT2D eigenvalue weighted by Gasteiger charge is 2.35. The van der Waals surface area contributed by atoms with Crippen molar-refractivity contribution in [1.82, 2.24) is 5.32 Å². The van der Waals surface area contributed by atoms with Gasteiger partial charge in [-0.3, -0.25) is 4.21 Å². The second kappa shape index (κ2) is 5.85. The third-order valence-corrected chi connectivity index (χ3v) is 5.15. The summed E-state index contributed by atoms with van der Waals surface area (Å²) >= 11 is 0. The summed E-state index contributed by atoms with van der Waals surface area (Å²) in [5.74, 6) is 0.917. The van der Waals surface area contributed by atoms with E-state index in [0.29, 0.717) is 6.61 Å². The average molecular weight is 267 g/mol. The summed E-state index contributed by atoms with van der Waals surface area (Å²) in [7, 11) is -0.885. The van der Waals surface area contributed by atoms with Crippen molar-refractivity contribution in [2.75, 3.05) is 13.2 Å². The van der Waals surface area contributed by atoms with Gasteiger partial charge in [0.05, 0.1) is 11.3 Å². The molecule has 0 saturated carbocycles. The van der Waals surface area contributed by atoms with Gasteiger partial charge >= 0.3 is 0 Å². The van der Waals surface area contributed by atoms with E-state index in [1.54, 1.807) is 0 Å². The quantitative estimate of drug-likeness (QED) is 0.909. The number of rotatable bonds is 4. The fraction of sp³-hybridized carbons (Fsp3) is 0.571. The molecule has 1 N–H and O–H groups in total. The van der Waals surface area contributed by atoms with E-state index in [1.165, 1.54) is 0 Å². The number of nitrogens with one attached hydrogen (secondary N) is 1. The highest BCUT2D eigenvalue weighted by molar-refractivity contribution is 7.86. The summed E-state index contributed by atoms with van der Waals surface area (Å²) in [4.78, 5) is 0. The normalized spacial score (nSPS) is 24.4. The highest BCUT2D eigenvalue weighted by Crippen LogP contribution is 2.34. The van der Waals surface area contributed by atoms with Gasteiger partial charge in [0, 0.05) is 21.6 Å². The van der Waals surface area contributed by atoms with Crippen molar-refractivity contribution >= 4 is 10.8 Å². The molecular formula is C14H21NO2S. The lowest BCUT2D eigenvalue weighted by atomic mass is 10.0. The molecule has 18 heavy (non-hydrogen) atoms. The number of hydrogen-bond acceptors (Lipinski definition) is 3. The maximum atomic E-state index is 12.4. The number of benzene rings is 1. The molecule has 0 radical (unpaired) electrons. The van der Waals surface area contributed by atoms with E-state index >= 15 is 0 Å². The molecule has 0 spiro atoms. The summed E-state index contributed by atoms with van der Waals surface area (Å²) in [5.41, 5.74) is 1.13. The van der Waals surface area contributed by atoms with E-state index in [0.717, 1.165) is 17.9 Å². The van der Waals surface area contributed by atoms with Crippen LogP contribution in [0.15, 0.2) is 24.3 Å². The van der Waals surface area contributed by atoms with Crippen LogP contribution in [0, 0.1) is 0 Å². The van der Waals surface area contributed by atoms with Crippen molar-refractivity contribution < 1.29 is 8.95 Å². The molecule has 2 rings (SSSR count). The third kappa shape index (κ3) is 2.59. The first-order valence-electron chi connectivity index (χ1n) is 6.49. The van der Waals surface area contributed by atoms with E-state index in [9.17, 15) is 4.21 Å². The van der Waals surface area contributed by atoms with Crippen LogP contribution in [-0.2, 0) is 10.8 Å². The Morgan fingerprint density at radius 1 is 1.44 bits per heavy atom. The zero-order valence-corrected chi connectivity index (χ0v) is 12.0. The molecule has 1 aliphatic heterocycles. The first-order chi connectivity index (χ1) is 8.65. The third-order valence-electron chi connectivity index (χ3n) is 3.22. The number of ether oxygens (including phenoxy) is 1. The predicted octanol–water partition coefficient (Wildman–Crippen LogP) is 2.26. The molecule has 3 atom stereocenters. The summed E-state index contributed by atoms with van der Waals surface area (Å²) in [6, 6.07) is 8.15. The highest BCUT2D eigenvalue weighted by atomic mass is 32.2. The van der Waals surface area contributed by atoms with Gasteiger partial charge in [0.15, 0.2) is 0 Å². The maximum Gasteiger partial charge on any atom is 0.124 e. The molecule has 0 fully saturated rings. The van der Waals surface area contributed by atoms with Crippen molar-refractivity contribution in [1.29, 1.82) is 0 Å². The Bertz CT molecular complexity index is 434. The Kier molecular flexibility index (Phi) is 4.40. The van der Waals surface area contributed by atoms with Crippen molar-refractivity contribution in [3.8, 4) is 5.75 Å². The lowest BCUT2D eigenvalue weighted by molar-refractivity contribution is 0.258. The first-order valence-corrected chi connectivity index (χ1v) is 7.77. The Hall–Kier alpha value is -0.870. The first kappa shape index (κ1) is 13.6. The Morgan fingerprint density at radius 2 is 2.17 bits per heavy atom. The molecule has 0 saturated heterocycles. The molecule has 1 aromatic rings. The fourth-order valence-electron chi connectivity index (χ4n) is 2.35. The zero-order valence-electron chi connectivity index (χ0n) is 11.2. The summed E-state index contributed by atoms with van der Waals surface area (Å²) in [5, 5.41) is 3.64. The van der Waals surface area contributed by atoms with Crippen LogP contribution in [-0.4, -0.2) is 27.9 Å². The van der Waals surface area contributed by atoms with Crippen LogP contribution in [0.2, 0.25) is 0 Å². The molecular weight excluding hydrogens is 246 g/mol. The Morgan fingerprint density at radius 3 is 2.83 bits per heavy atom. The standard InChI is InChI=1S/C14H21NO2S/c1-4-15-14-11-7-5-6-8-12(11)17-9-13(14)18(16)10(2)3/h5-8,10,13-15H,4,9H2,1-3H3. The summed E-state index contributed by atoms with van der Waals surface area (Å²) in [6.07, 6.45) is 0. The van der Waals surface area contributed by atoms with Gasteiger partial charge in [-0.2, -0.15) is 0 Å². The van der Waals surface area contributed by atoms with Crippen molar-refractivity contribution in [3.63, 3.8) is 0 Å². The van der Waals surface area contributed by atoms with E-state index in [4.69, 9.17) is 4.74 Å². The molecule has 4 heteroatoms. The Labute approximate surface area is 111 Å². The van der Waals surface area contributed by atoms with Gasteiger partial charge in [-0.1, -0.05) is 39.0 Å². The van der Waals surface area contributed by atoms with Crippen molar-refractivity contribution in [2.45, 2.75) is 37.3 Å². The SMILES string of the molecule is CCNC1c2ccccc2OCC1S(=O)C(C)C. The molecule has 0 aliphatic carbocycles. The second-order valence-electron chi connectivity index (χ2n) is 4.80. The predicted molar refractivity (Wildman–Crippen MR) is 75.4 cm³/mol. The topological polar surface area (TPSA) is 38.3 Å². The van der Waals surface area contributed by atoms with Crippen LogP contribution in [0.25, 0.3) is 0 Å². The molecule has 1 heterocycles. The lowest BCUT2D eigenvalue weighted by Crippen LogP contribution is -2.43. The average Bonchev–Trinajstić information content (AvgIpc) is 2.38. The molecule has 1 aliphatic rings. The van der Waals surface area contributed by atoms with Gasteiger partial charge in [0.1, 0.15) is 12.4 Å². The largest absolute Gasteiger partial charge is 0.492 e. The minimum absolute atomic E-state index is 0.0276. The van der Waals surface area contributed by atoms with Crippen molar-refractivity contribution in [2.24, 2.45) is 0 Å². The van der Waals surface area contributed by atoms with Crippen LogP contribution in [0.1, 0.15) is 32.4 Å². The van der Waals surface area contributed by atoms with Gasteiger partial charge in [-0.05, 0) is 12.6 Å². The van der Waals surface area contributed by atoms with Crippen LogP contribution in [0.5, 0.6) is 5.75 Å². The maximum absolute atomic E-state index is 12.4. The fourth-order valence-corrected chi connectivity index (χ4v) is 3.76. The van der Waals surface area contributed by atoms with Crippen LogP contribution >= 0.6 is 0 Å². The molecule has 3 nitrogen and oxygen atoms in total. The number of fused-ring (bicyclic) bond motifs is 1. The summed E-state index contributed by atoms with van der Waals surface area (Å²) in [6.45, 7) is 7.47. The lowest BCUT2D eigenvalue weighted by Gasteiger charge is -2.34. The Balaban J connectivity index is 2.32. The second-order valence-corrected chi connectivity index (χ2v) is 7.01. The minimum Gasteiger partial charge on any atom is -0.492 e. The van der Waals surface area contributed by atoms with Crippen molar-refractivity contribution in [3.05, 3.63) is 29.8 Å². The van der Waals surface area contributed by atoms with Gasteiger partial charge < -0.3 is 10.1 Å². The zero-order chi connectivity index (χ0) is 13.1. The number of para-hydroxylation sites is 1. The van der Waals surface area contributed by atoms with E-state index in [-0.39, 0.29) is 16.5 Å². The number of hydrogen-bond donors (Lipinski definition) is 1. The molecule has 3 unspecified atom stereocenters. The smallest absolute Gasteiger partial charge is 0.124 e. The van der Waals surface area contributed by atoms with E-state index in [2.05, 4.69) is 18.3 Å². The van der Waals surface area contributed by atoms with Gasteiger partial charge in [-0.25, -0.2) is 0 Å². The molecule has 1 aromatic carbocycles. The molecule has 100 valence electrons. The van der Waals surface area contributed by atoms with Gasteiger partial charge in [0.25, 0.3) is 0 Å². The van der Waals surface area contributed by atoms with Crippen LogP contribution < -0.4 is 10.1 Å². The summed E-state index contributed by atoms with van der Waals surface area (Å²) < 4.78 is 18.1. The van der Waals surface area contributed by atoms with Crippen LogP contribution in [0.4, 0.5) is 0 Å². The van der Waals surface area contributed by atoms with Gasteiger partial charge in [0.2, 0.25) is 0 Å². The molecule has 0 bridgehead atoms. The van der Waals surface area contributed by atoms with Gasteiger partial charge in [-0.15, -0.1) is 0 Å². The van der Waals surface area contributed by atoms with E-state index < -0.39 is 10.8 Å². The molecule has 0 amide bonds. The van der Waals surface area contributed by atoms with Crippen LogP contribution in [0.3, 0.4) is 0 Å². The monoisotopic (exact) mass is 267 g/mol. The molecule has 0 aromatic heterocycles. The minimum atomic E-state index is -0.885. The van der Waals surface area contributed by atoms with E-state index in [1.807, 2.05) is 32.0 Å².